The Morgan fingerprint density at radius 1 is 0.879 bits per heavy atom. The number of carbonyl (C=O) groups excluding carboxylic acids is 3. The Kier molecular flexibility index (Phi) is 9.99. The van der Waals surface area contributed by atoms with Gasteiger partial charge in [0.1, 0.15) is 28.6 Å². The number of rotatable bonds is 6. The normalized spacial score (nSPS) is 20.4. The highest BCUT2D eigenvalue weighted by molar-refractivity contribution is 6.37. The van der Waals surface area contributed by atoms with Crippen molar-refractivity contribution < 1.29 is 38.4 Å². The molecule has 1 saturated heterocycles. The molecule has 4 aliphatic rings. The molecule has 4 aromatic carbocycles. The number of benzene rings is 4. The third-order valence-electron chi connectivity index (χ3n) is 11.5. The van der Waals surface area contributed by atoms with Crippen LogP contribution in [0.15, 0.2) is 66.7 Å². The van der Waals surface area contributed by atoms with Crippen LogP contribution in [0.1, 0.15) is 99.3 Å². The average Bonchev–Trinajstić information content (AvgIpc) is 3.45. The van der Waals surface area contributed by atoms with Crippen molar-refractivity contribution in [2.24, 2.45) is 0 Å². The molecule has 4 aliphatic heterocycles. The van der Waals surface area contributed by atoms with Crippen LogP contribution in [0.2, 0.25) is 10.0 Å². The predicted molar refractivity (Wildman–Crippen MR) is 221 cm³/mol. The first kappa shape index (κ1) is 39.7. The number of hydrogen-bond donors (Lipinski definition) is 1. The highest BCUT2D eigenvalue weighted by atomic mass is 35.5. The molecular weight excluding hydrogens is 781 g/mol. The summed E-state index contributed by atoms with van der Waals surface area (Å²) in [7, 11) is 0. The van der Waals surface area contributed by atoms with E-state index in [9.17, 15) is 19.5 Å². The van der Waals surface area contributed by atoms with E-state index in [1.807, 2.05) is 56.0 Å². The van der Waals surface area contributed by atoms with Gasteiger partial charge in [-0.15, -0.1) is 0 Å². The Hall–Kier alpha value is -5.13. The summed E-state index contributed by atoms with van der Waals surface area (Å²) in [5.74, 6) is 1.29. The minimum absolute atomic E-state index is 0.0491. The van der Waals surface area contributed by atoms with Crippen LogP contribution in [0, 0.1) is 0 Å². The number of halogens is 2. The van der Waals surface area contributed by atoms with E-state index in [1.54, 1.807) is 23.1 Å². The van der Waals surface area contributed by atoms with E-state index in [0.29, 0.717) is 79.7 Å². The Morgan fingerprint density at radius 3 is 2.26 bits per heavy atom. The fraction of sp³-hybridized carbons (Fsp3) is 0.400. The van der Waals surface area contributed by atoms with Gasteiger partial charge in [-0.1, -0.05) is 48.3 Å². The monoisotopic (exact) mass is 827 g/mol. The Labute approximate surface area is 348 Å². The number of anilines is 1. The molecule has 2 amide bonds. The molecule has 304 valence electrons. The number of nitrogens with zero attached hydrogens (tertiary/aromatic N) is 3. The third kappa shape index (κ3) is 7.06. The topological polar surface area (TPSA) is 118 Å². The Bertz CT molecular complexity index is 2310. The fourth-order valence-corrected chi connectivity index (χ4v) is 9.33. The fourth-order valence-electron chi connectivity index (χ4n) is 8.86. The van der Waals surface area contributed by atoms with Gasteiger partial charge in [-0.2, -0.15) is 0 Å². The van der Waals surface area contributed by atoms with E-state index in [-0.39, 0.29) is 39.3 Å². The Balaban J connectivity index is 1.09. The van der Waals surface area contributed by atoms with Gasteiger partial charge in [0.05, 0.1) is 15.6 Å². The van der Waals surface area contributed by atoms with Crippen molar-refractivity contribution in [3.8, 4) is 28.7 Å². The zero-order valence-corrected chi connectivity index (χ0v) is 35.0. The summed E-state index contributed by atoms with van der Waals surface area (Å²) in [4.78, 5) is 45.5. The molecule has 58 heavy (non-hydrogen) atoms. The number of amides is 2. The molecule has 0 aliphatic carbocycles. The van der Waals surface area contributed by atoms with Gasteiger partial charge in [-0.3, -0.25) is 4.79 Å². The summed E-state index contributed by atoms with van der Waals surface area (Å²) < 4.78 is 24.9. The molecule has 2 unspecified atom stereocenters. The summed E-state index contributed by atoms with van der Waals surface area (Å²) in [6, 6.07) is 19.9. The molecule has 0 radical (unpaired) electrons. The summed E-state index contributed by atoms with van der Waals surface area (Å²) in [6.07, 6.45) is 1.51. The van der Waals surface area contributed by atoms with Gasteiger partial charge in [0.15, 0.2) is 11.4 Å². The molecule has 1 spiro atoms. The molecular formula is C45H47Cl2N3O8. The maximum atomic E-state index is 13.6. The SMILES string of the molecule is CC1CC(C)(C)N(CCCC(=O)N2CCN(C(=O)OC(C)(C)C)CC2)c2cc3c(cc21)C1(OC(=O)c2ccccc21)c1ccc(Oc2cc(Cl)c(O)c(Cl)c2)cc1O3. The van der Waals surface area contributed by atoms with Gasteiger partial charge in [0.2, 0.25) is 5.91 Å². The van der Waals surface area contributed by atoms with Crippen LogP contribution < -0.4 is 14.4 Å². The lowest BCUT2D eigenvalue weighted by molar-refractivity contribution is -0.133. The van der Waals surface area contributed by atoms with Gasteiger partial charge in [-0.25, -0.2) is 9.59 Å². The van der Waals surface area contributed by atoms with Crippen molar-refractivity contribution in [2.75, 3.05) is 37.6 Å². The molecule has 4 heterocycles. The lowest BCUT2D eigenvalue weighted by Gasteiger charge is -2.48. The number of aromatic hydroxyl groups is 1. The van der Waals surface area contributed by atoms with Gasteiger partial charge in [0.25, 0.3) is 0 Å². The van der Waals surface area contributed by atoms with E-state index in [1.165, 1.54) is 12.1 Å². The van der Waals surface area contributed by atoms with Gasteiger partial charge < -0.3 is 38.8 Å². The van der Waals surface area contributed by atoms with E-state index in [2.05, 4.69) is 31.7 Å². The van der Waals surface area contributed by atoms with Gasteiger partial charge in [0, 0.05) is 91.3 Å². The van der Waals surface area contributed by atoms with Crippen molar-refractivity contribution in [1.29, 1.82) is 0 Å². The van der Waals surface area contributed by atoms with Crippen molar-refractivity contribution in [2.45, 2.75) is 83.5 Å². The standard InChI is InChI=1S/C45H47Cl2N3O8/c1-26-25-44(5,6)50(15-9-12-39(51)48-16-18-49(19-17-48)42(54)58-43(2,3)4)36-24-38-33(23-30(26)36)45(31-11-8-7-10-29(31)41(53)57-45)32-14-13-27(22-37(32)56-38)55-28-20-34(46)40(52)35(47)21-28/h7-8,10-11,13-14,20-24,26,52H,9,12,15-19,25H2,1-6H3. The lowest BCUT2D eigenvalue weighted by Crippen LogP contribution is -2.52. The predicted octanol–water partition coefficient (Wildman–Crippen LogP) is 10.0. The number of esters is 1. The molecule has 8 rings (SSSR count). The quantitative estimate of drug-likeness (QED) is 0.190. The maximum absolute atomic E-state index is 13.6. The number of ether oxygens (including phenoxy) is 4. The molecule has 11 nitrogen and oxygen atoms in total. The zero-order chi connectivity index (χ0) is 41.3. The second-order valence-electron chi connectivity index (χ2n) is 17.1. The highest BCUT2D eigenvalue weighted by Gasteiger charge is 2.54. The van der Waals surface area contributed by atoms with Crippen molar-refractivity contribution >= 4 is 46.9 Å². The Morgan fingerprint density at radius 2 is 1.55 bits per heavy atom. The summed E-state index contributed by atoms with van der Waals surface area (Å²) in [6.45, 7) is 14.6. The van der Waals surface area contributed by atoms with Gasteiger partial charge >= 0.3 is 12.1 Å². The van der Waals surface area contributed by atoms with Crippen LogP contribution in [0.3, 0.4) is 0 Å². The summed E-state index contributed by atoms with van der Waals surface area (Å²) >= 11 is 12.4. The number of piperazine rings is 1. The van der Waals surface area contributed by atoms with Crippen LogP contribution in [-0.2, 0) is 19.9 Å². The van der Waals surface area contributed by atoms with E-state index < -0.39 is 17.2 Å². The van der Waals surface area contributed by atoms with Crippen LogP contribution in [0.5, 0.6) is 28.7 Å². The number of hydrogen-bond acceptors (Lipinski definition) is 9. The molecule has 0 saturated carbocycles. The number of fused-ring (bicyclic) bond motifs is 7. The van der Waals surface area contributed by atoms with Crippen LogP contribution in [-0.4, -0.2) is 76.7 Å². The minimum Gasteiger partial charge on any atom is -0.505 e. The molecule has 1 fully saturated rings. The van der Waals surface area contributed by atoms with Gasteiger partial charge in [-0.05, 0) is 83.2 Å². The zero-order valence-electron chi connectivity index (χ0n) is 33.5. The van der Waals surface area contributed by atoms with E-state index >= 15 is 0 Å². The molecule has 4 aromatic rings. The van der Waals surface area contributed by atoms with Crippen molar-refractivity contribution in [3.05, 3.63) is 105 Å². The average molecular weight is 829 g/mol. The number of carbonyl (C=O) groups is 3. The van der Waals surface area contributed by atoms with E-state index in [4.69, 9.17) is 42.1 Å². The second kappa shape index (κ2) is 14.6. The molecule has 0 bridgehead atoms. The van der Waals surface area contributed by atoms with Crippen LogP contribution >= 0.6 is 23.2 Å². The lowest BCUT2D eigenvalue weighted by atomic mass is 9.74. The first-order chi connectivity index (χ1) is 27.4. The van der Waals surface area contributed by atoms with Crippen molar-refractivity contribution in [3.63, 3.8) is 0 Å². The second-order valence-corrected chi connectivity index (χ2v) is 18.0. The van der Waals surface area contributed by atoms with Crippen LogP contribution in [0.25, 0.3) is 0 Å². The minimum atomic E-state index is -1.28. The number of phenols is 1. The molecule has 1 N–H and O–H groups in total. The first-order valence-corrected chi connectivity index (χ1v) is 20.4. The third-order valence-corrected chi connectivity index (χ3v) is 12.0. The maximum Gasteiger partial charge on any atom is 0.410 e. The highest BCUT2D eigenvalue weighted by Crippen LogP contribution is 2.59. The molecule has 0 aromatic heterocycles. The molecule has 2 atom stereocenters. The number of phenolic OH excluding ortho intramolecular Hbond substituents is 1. The summed E-state index contributed by atoms with van der Waals surface area (Å²) in [5, 5.41) is 10.2. The van der Waals surface area contributed by atoms with E-state index in [0.717, 1.165) is 28.8 Å². The first-order valence-electron chi connectivity index (χ1n) is 19.7. The largest absolute Gasteiger partial charge is 0.505 e. The smallest absolute Gasteiger partial charge is 0.410 e. The molecule has 13 heteroatoms. The van der Waals surface area contributed by atoms with Crippen LogP contribution in [0.4, 0.5) is 10.5 Å². The summed E-state index contributed by atoms with van der Waals surface area (Å²) in [5.41, 5.74) is 2.59. The van der Waals surface area contributed by atoms with Crippen molar-refractivity contribution in [1.82, 2.24) is 9.80 Å².